The first kappa shape index (κ1) is 16.8. The predicted octanol–water partition coefficient (Wildman–Crippen LogP) is 3.17. The zero-order valence-electron chi connectivity index (χ0n) is 14.0. The second kappa shape index (κ2) is 7.68. The molecule has 6 heteroatoms. The summed E-state index contributed by atoms with van der Waals surface area (Å²) in [5.41, 5.74) is 2.27. The maximum atomic E-state index is 12.3. The number of carbonyl (C=O) groups is 1. The Bertz CT molecular complexity index is 673. The van der Waals surface area contributed by atoms with Gasteiger partial charge in [0, 0.05) is 18.5 Å². The van der Waals surface area contributed by atoms with Crippen molar-refractivity contribution in [3.05, 3.63) is 52.2 Å². The number of hydrogen-bond acceptors (Lipinski definition) is 4. The number of urea groups is 1. The second-order valence-corrected chi connectivity index (χ2v) is 6.90. The minimum atomic E-state index is -0.140. The zero-order valence-corrected chi connectivity index (χ0v) is 14.8. The minimum Gasteiger partial charge on any atom is -0.493 e. The molecule has 1 aromatic carbocycles. The topological polar surface area (TPSA) is 53.6 Å². The molecule has 1 aromatic heterocycles. The van der Waals surface area contributed by atoms with E-state index in [1.807, 2.05) is 38.4 Å². The molecule has 2 aromatic rings. The van der Waals surface area contributed by atoms with Crippen molar-refractivity contribution in [2.24, 2.45) is 0 Å². The van der Waals surface area contributed by atoms with Gasteiger partial charge in [0.25, 0.3) is 0 Å². The van der Waals surface area contributed by atoms with Crippen molar-refractivity contribution >= 4 is 17.4 Å². The lowest BCUT2D eigenvalue weighted by Gasteiger charge is -2.28. The normalized spacial score (nSPS) is 17.7. The van der Waals surface area contributed by atoms with Gasteiger partial charge in [0.1, 0.15) is 5.75 Å². The summed E-state index contributed by atoms with van der Waals surface area (Å²) in [5, 5.41) is 10.3. The molecule has 128 valence electrons. The van der Waals surface area contributed by atoms with E-state index < -0.39 is 0 Å². The lowest BCUT2D eigenvalue weighted by Crippen LogP contribution is -2.42. The molecular formula is C18H23N3O2S. The molecule has 1 aliphatic rings. The van der Waals surface area contributed by atoms with Crippen molar-refractivity contribution in [3.63, 3.8) is 0 Å². The number of para-hydroxylation sites is 1. The lowest BCUT2D eigenvalue weighted by molar-refractivity contribution is 0.218. The average molecular weight is 345 g/mol. The van der Waals surface area contributed by atoms with Gasteiger partial charge < -0.3 is 20.3 Å². The summed E-state index contributed by atoms with van der Waals surface area (Å²) in [4.78, 5) is 14.5. The smallest absolute Gasteiger partial charge is 0.315 e. The fourth-order valence-electron chi connectivity index (χ4n) is 2.95. The quantitative estimate of drug-likeness (QED) is 0.875. The lowest BCUT2D eigenvalue weighted by atomic mass is 10.0. The number of benzene rings is 1. The van der Waals surface area contributed by atoms with Crippen LogP contribution in [0.5, 0.6) is 5.75 Å². The molecule has 0 saturated heterocycles. The van der Waals surface area contributed by atoms with E-state index in [1.165, 1.54) is 5.56 Å². The SMILES string of the molecule is CN(C)[C@@H](CNC(=O)N[C@H]1CCOc2ccccc21)c1ccsc1. The van der Waals surface area contributed by atoms with Crippen LogP contribution in [-0.4, -0.2) is 38.2 Å². The van der Waals surface area contributed by atoms with Gasteiger partial charge in [-0.05, 0) is 42.6 Å². The molecule has 0 spiro atoms. The molecule has 0 unspecified atom stereocenters. The number of amides is 2. The van der Waals surface area contributed by atoms with Gasteiger partial charge >= 0.3 is 6.03 Å². The molecule has 0 radical (unpaired) electrons. The summed E-state index contributed by atoms with van der Waals surface area (Å²) < 4.78 is 5.64. The van der Waals surface area contributed by atoms with Crippen LogP contribution in [0, 0.1) is 0 Å². The van der Waals surface area contributed by atoms with Crippen molar-refractivity contribution in [2.45, 2.75) is 18.5 Å². The first-order chi connectivity index (χ1) is 11.6. The van der Waals surface area contributed by atoms with E-state index in [9.17, 15) is 4.79 Å². The molecule has 0 saturated carbocycles. The van der Waals surface area contributed by atoms with E-state index in [0.29, 0.717) is 13.2 Å². The Morgan fingerprint density at radius 3 is 2.96 bits per heavy atom. The third-order valence-electron chi connectivity index (χ3n) is 4.27. The summed E-state index contributed by atoms with van der Waals surface area (Å²) in [6.45, 7) is 1.19. The molecule has 0 aliphatic carbocycles. The number of ether oxygens (including phenoxy) is 1. The molecular weight excluding hydrogens is 322 g/mol. The van der Waals surface area contributed by atoms with E-state index in [4.69, 9.17) is 4.74 Å². The summed E-state index contributed by atoms with van der Waals surface area (Å²) >= 11 is 1.67. The van der Waals surface area contributed by atoms with Gasteiger partial charge in [-0.3, -0.25) is 0 Å². The average Bonchev–Trinajstić information content (AvgIpc) is 3.09. The second-order valence-electron chi connectivity index (χ2n) is 6.12. The summed E-state index contributed by atoms with van der Waals surface area (Å²) in [7, 11) is 4.05. The Hall–Kier alpha value is -2.05. The zero-order chi connectivity index (χ0) is 16.9. The number of thiophene rings is 1. The van der Waals surface area contributed by atoms with Crippen LogP contribution in [0.4, 0.5) is 4.79 Å². The molecule has 0 bridgehead atoms. The monoisotopic (exact) mass is 345 g/mol. The summed E-state index contributed by atoms with van der Waals surface area (Å²) in [6, 6.07) is 10.00. The van der Waals surface area contributed by atoms with E-state index in [2.05, 4.69) is 32.4 Å². The van der Waals surface area contributed by atoms with Crippen LogP contribution in [0.15, 0.2) is 41.1 Å². The fourth-order valence-corrected chi connectivity index (χ4v) is 3.66. The van der Waals surface area contributed by atoms with Gasteiger partial charge in [0.05, 0.1) is 18.7 Å². The van der Waals surface area contributed by atoms with Gasteiger partial charge in [0.15, 0.2) is 0 Å². The highest BCUT2D eigenvalue weighted by molar-refractivity contribution is 7.07. The molecule has 5 nitrogen and oxygen atoms in total. The molecule has 2 atom stereocenters. The van der Waals surface area contributed by atoms with Crippen LogP contribution in [0.3, 0.4) is 0 Å². The maximum absolute atomic E-state index is 12.3. The van der Waals surface area contributed by atoms with E-state index >= 15 is 0 Å². The number of likely N-dealkylation sites (N-methyl/N-ethyl adjacent to an activating group) is 1. The number of rotatable bonds is 5. The van der Waals surface area contributed by atoms with Crippen molar-refractivity contribution in [3.8, 4) is 5.75 Å². The molecule has 2 N–H and O–H groups in total. The minimum absolute atomic E-state index is 0.00564. The van der Waals surface area contributed by atoms with Crippen molar-refractivity contribution < 1.29 is 9.53 Å². The number of nitrogens with zero attached hydrogens (tertiary/aromatic N) is 1. The van der Waals surface area contributed by atoms with Crippen molar-refractivity contribution in [2.75, 3.05) is 27.2 Å². The maximum Gasteiger partial charge on any atom is 0.315 e. The molecule has 2 heterocycles. The Labute approximate surface area is 146 Å². The molecule has 3 rings (SSSR count). The third-order valence-corrected chi connectivity index (χ3v) is 4.97. The van der Waals surface area contributed by atoms with Gasteiger partial charge in [-0.25, -0.2) is 4.79 Å². The molecule has 2 amide bonds. The summed E-state index contributed by atoms with van der Waals surface area (Å²) in [6.07, 6.45) is 0.784. The van der Waals surface area contributed by atoms with Crippen LogP contribution >= 0.6 is 11.3 Å². The van der Waals surface area contributed by atoms with Gasteiger partial charge in [-0.2, -0.15) is 11.3 Å². The highest BCUT2D eigenvalue weighted by Gasteiger charge is 2.23. The Kier molecular flexibility index (Phi) is 5.37. The number of hydrogen-bond donors (Lipinski definition) is 2. The van der Waals surface area contributed by atoms with Crippen LogP contribution in [-0.2, 0) is 0 Å². The highest BCUT2D eigenvalue weighted by Crippen LogP contribution is 2.31. The van der Waals surface area contributed by atoms with Gasteiger partial charge in [0.2, 0.25) is 0 Å². The van der Waals surface area contributed by atoms with E-state index in [-0.39, 0.29) is 18.1 Å². The van der Waals surface area contributed by atoms with Gasteiger partial charge in [-0.1, -0.05) is 18.2 Å². The first-order valence-corrected chi connectivity index (χ1v) is 9.04. The van der Waals surface area contributed by atoms with Crippen LogP contribution in [0.2, 0.25) is 0 Å². The van der Waals surface area contributed by atoms with Crippen LogP contribution < -0.4 is 15.4 Å². The van der Waals surface area contributed by atoms with Gasteiger partial charge in [-0.15, -0.1) is 0 Å². The number of carbonyl (C=O) groups excluding carboxylic acids is 1. The molecule has 1 aliphatic heterocycles. The Morgan fingerprint density at radius 1 is 1.38 bits per heavy atom. The first-order valence-electron chi connectivity index (χ1n) is 8.10. The Morgan fingerprint density at radius 2 is 2.21 bits per heavy atom. The van der Waals surface area contributed by atoms with Crippen LogP contribution in [0.25, 0.3) is 0 Å². The molecule has 0 fully saturated rings. The van der Waals surface area contributed by atoms with E-state index in [1.54, 1.807) is 11.3 Å². The standard InChI is InChI=1S/C18H23N3O2S/c1-21(2)16(13-8-10-24-12-13)11-19-18(22)20-15-7-9-23-17-6-4-3-5-14(15)17/h3-6,8,10,12,15-16H,7,9,11H2,1-2H3,(H2,19,20,22)/t15-,16-/m0/s1. The molecule has 24 heavy (non-hydrogen) atoms. The van der Waals surface area contributed by atoms with E-state index in [0.717, 1.165) is 17.7 Å². The van der Waals surface area contributed by atoms with Crippen molar-refractivity contribution in [1.82, 2.24) is 15.5 Å². The fraction of sp³-hybridized carbons (Fsp3) is 0.389. The van der Waals surface area contributed by atoms with Crippen molar-refractivity contribution in [1.29, 1.82) is 0 Å². The number of fused-ring (bicyclic) bond motifs is 1. The summed E-state index contributed by atoms with van der Waals surface area (Å²) in [5.74, 6) is 0.860. The third kappa shape index (κ3) is 3.88. The predicted molar refractivity (Wildman–Crippen MR) is 96.6 cm³/mol. The van der Waals surface area contributed by atoms with Crippen LogP contribution in [0.1, 0.15) is 29.6 Å². The largest absolute Gasteiger partial charge is 0.493 e. The highest BCUT2D eigenvalue weighted by atomic mass is 32.1. The Balaban J connectivity index is 1.58. The number of nitrogens with one attached hydrogen (secondary N) is 2.